The molecule has 3 nitrogen and oxygen atoms in total. The highest BCUT2D eigenvalue weighted by atomic mass is 35.5. The molecule has 1 unspecified atom stereocenters. The standard InChI is InChI=1S/C14H22ClNO2/c1-14(2,3)10-16-8-11(17)9-18-13-7-5-4-6-12(13)15/h4-7,11,16-17H,8-10H2,1-3H3. The zero-order valence-corrected chi connectivity index (χ0v) is 12.0. The molecule has 0 saturated carbocycles. The van der Waals surface area contributed by atoms with Gasteiger partial charge in [0, 0.05) is 13.1 Å². The Kier molecular flexibility index (Phi) is 5.93. The van der Waals surface area contributed by atoms with Crippen molar-refractivity contribution in [2.24, 2.45) is 5.41 Å². The van der Waals surface area contributed by atoms with Gasteiger partial charge in [-0.3, -0.25) is 0 Å². The first-order valence-electron chi connectivity index (χ1n) is 6.14. The van der Waals surface area contributed by atoms with Gasteiger partial charge in [0.1, 0.15) is 18.5 Å². The van der Waals surface area contributed by atoms with Crippen molar-refractivity contribution >= 4 is 11.6 Å². The first kappa shape index (κ1) is 15.3. The number of halogens is 1. The van der Waals surface area contributed by atoms with Gasteiger partial charge in [-0.1, -0.05) is 44.5 Å². The predicted molar refractivity (Wildman–Crippen MR) is 75.3 cm³/mol. The first-order valence-corrected chi connectivity index (χ1v) is 6.52. The second-order valence-corrected chi connectivity index (χ2v) is 5.99. The molecular weight excluding hydrogens is 250 g/mol. The van der Waals surface area contributed by atoms with Gasteiger partial charge in [-0.25, -0.2) is 0 Å². The van der Waals surface area contributed by atoms with E-state index in [9.17, 15) is 5.11 Å². The zero-order chi connectivity index (χ0) is 13.6. The zero-order valence-electron chi connectivity index (χ0n) is 11.2. The quantitative estimate of drug-likeness (QED) is 0.836. The van der Waals surface area contributed by atoms with Crippen LogP contribution in [0.3, 0.4) is 0 Å². The first-order chi connectivity index (χ1) is 8.38. The normalized spacial score (nSPS) is 13.4. The van der Waals surface area contributed by atoms with Crippen molar-refractivity contribution < 1.29 is 9.84 Å². The number of benzene rings is 1. The van der Waals surface area contributed by atoms with Crippen molar-refractivity contribution in [2.45, 2.75) is 26.9 Å². The highest BCUT2D eigenvalue weighted by Gasteiger charge is 2.11. The second kappa shape index (κ2) is 6.98. The fraction of sp³-hybridized carbons (Fsp3) is 0.571. The number of hydrogen-bond donors (Lipinski definition) is 2. The van der Waals surface area contributed by atoms with Crippen molar-refractivity contribution in [3.63, 3.8) is 0 Å². The van der Waals surface area contributed by atoms with Gasteiger partial charge in [-0.05, 0) is 17.5 Å². The topological polar surface area (TPSA) is 41.5 Å². The molecular formula is C14H22ClNO2. The van der Waals surface area contributed by atoms with E-state index < -0.39 is 6.10 Å². The number of para-hydroxylation sites is 1. The summed E-state index contributed by atoms with van der Waals surface area (Å²) in [6, 6.07) is 7.25. The molecule has 1 atom stereocenters. The van der Waals surface area contributed by atoms with Gasteiger partial charge in [0.05, 0.1) is 5.02 Å². The fourth-order valence-corrected chi connectivity index (χ4v) is 1.61. The molecule has 0 amide bonds. The minimum Gasteiger partial charge on any atom is -0.489 e. The molecule has 0 aliphatic carbocycles. The SMILES string of the molecule is CC(C)(C)CNCC(O)COc1ccccc1Cl. The van der Waals surface area contributed by atoms with Crippen LogP contribution in [0.15, 0.2) is 24.3 Å². The van der Waals surface area contributed by atoms with E-state index in [1.165, 1.54) is 0 Å². The molecule has 102 valence electrons. The molecule has 0 aromatic heterocycles. The summed E-state index contributed by atoms with van der Waals surface area (Å²) < 4.78 is 5.46. The molecule has 0 aliphatic rings. The van der Waals surface area contributed by atoms with Gasteiger partial charge < -0.3 is 15.2 Å². The largest absolute Gasteiger partial charge is 0.489 e. The van der Waals surface area contributed by atoms with Gasteiger partial charge >= 0.3 is 0 Å². The third-order valence-corrected chi connectivity index (χ3v) is 2.62. The Morgan fingerprint density at radius 2 is 2.00 bits per heavy atom. The highest BCUT2D eigenvalue weighted by molar-refractivity contribution is 6.32. The lowest BCUT2D eigenvalue weighted by atomic mass is 9.97. The molecule has 0 bridgehead atoms. The van der Waals surface area contributed by atoms with Gasteiger partial charge in [0.25, 0.3) is 0 Å². The molecule has 0 aliphatic heterocycles. The maximum absolute atomic E-state index is 9.77. The van der Waals surface area contributed by atoms with Crippen LogP contribution < -0.4 is 10.1 Å². The molecule has 18 heavy (non-hydrogen) atoms. The molecule has 1 aromatic carbocycles. The molecule has 4 heteroatoms. The van der Waals surface area contributed by atoms with Gasteiger partial charge in [0.2, 0.25) is 0 Å². The number of hydrogen-bond acceptors (Lipinski definition) is 3. The van der Waals surface area contributed by atoms with Crippen LogP contribution in [0.5, 0.6) is 5.75 Å². The van der Waals surface area contributed by atoms with Crippen molar-refractivity contribution in [1.82, 2.24) is 5.32 Å². The summed E-state index contributed by atoms with van der Waals surface area (Å²) in [5, 5.41) is 13.5. The van der Waals surface area contributed by atoms with Crippen molar-refractivity contribution in [2.75, 3.05) is 19.7 Å². The van der Waals surface area contributed by atoms with E-state index in [2.05, 4.69) is 26.1 Å². The Morgan fingerprint density at radius 3 is 2.61 bits per heavy atom. The van der Waals surface area contributed by atoms with E-state index in [1.54, 1.807) is 12.1 Å². The lowest BCUT2D eigenvalue weighted by molar-refractivity contribution is 0.104. The molecule has 1 aromatic rings. The fourth-order valence-electron chi connectivity index (χ4n) is 1.42. The molecule has 0 radical (unpaired) electrons. The predicted octanol–water partition coefficient (Wildman–Crippen LogP) is 2.72. The summed E-state index contributed by atoms with van der Waals surface area (Å²) in [5.74, 6) is 0.606. The van der Waals surface area contributed by atoms with Crippen LogP contribution in [0.25, 0.3) is 0 Å². The van der Waals surface area contributed by atoms with Crippen molar-refractivity contribution in [1.29, 1.82) is 0 Å². The van der Waals surface area contributed by atoms with Crippen LogP contribution in [-0.2, 0) is 0 Å². The average molecular weight is 272 g/mol. The molecule has 1 rings (SSSR count). The maximum Gasteiger partial charge on any atom is 0.138 e. The molecule has 0 fully saturated rings. The summed E-state index contributed by atoms with van der Waals surface area (Å²) in [5.41, 5.74) is 0.212. The van der Waals surface area contributed by atoms with E-state index in [1.807, 2.05) is 12.1 Å². The smallest absolute Gasteiger partial charge is 0.138 e. The Bertz CT molecular complexity index is 363. The average Bonchev–Trinajstić information content (AvgIpc) is 2.26. The van der Waals surface area contributed by atoms with E-state index in [0.717, 1.165) is 6.54 Å². The number of rotatable bonds is 6. The minimum absolute atomic E-state index is 0.212. The van der Waals surface area contributed by atoms with Crippen LogP contribution in [-0.4, -0.2) is 30.9 Å². The Morgan fingerprint density at radius 1 is 1.33 bits per heavy atom. The number of nitrogens with one attached hydrogen (secondary N) is 1. The van der Waals surface area contributed by atoms with Gasteiger partial charge in [0.15, 0.2) is 0 Å². The Hall–Kier alpha value is -0.770. The molecule has 0 heterocycles. The van der Waals surface area contributed by atoms with Crippen LogP contribution in [0.2, 0.25) is 5.02 Å². The summed E-state index contributed by atoms with van der Waals surface area (Å²) in [6.07, 6.45) is -0.538. The van der Waals surface area contributed by atoms with E-state index >= 15 is 0 Å². The minimum atomic E-state index is -0.538. The lowest BCUT2D eigenvalue weighted by Crippen LogP contribution is -2.36. The van der Waals surface area contributed by atoms with Crippen LogP contribution in [0.1, 0.15) is 20.8 Å². The second-order valence-electron chi connectivity index (χ2n) is 5.59. The van der Waals surface area contributed by atoms with Gasteiger partial charge in [-0.15, -0.1) is 0 Å². The third-order valence-electron chi connectivity index (χ3n) is 2.30. The molecule has 0 spiro atoms. The summed E-state index contributed by atoms with van der Waals surface area (Å²) in [7, 11) is 0. The summed E-state index contributed by atoms with van der Waals surface area (Å²) >= 11 is 5.95. The monoisotopic (exact) mass is 271 g/mol. The summed E-state index contributed by atoms with van der Waals surface area (Å²) in [6.45, 7) is 8.05. The third kappa shape index (κ3) is 6.24. The Labute approximate surface area is 114 Å². The number of aliphatic hydroxyl groups is 1. The van der Waals surface area contributed by atoms with Crippen molar-refractivity contribution in [3.05, 3.63) is 29.3 Å². The number of ether oxygens (including phenoxy) is 1. The number of aliphatic hydroxyl groups excluding tert-OH is 1. The van der Waals surface area contributed by atoms with Crippen molar-refractivity contribution in [3.8, 4) is 5.75 Å². The Balaban J connectivity index is 2.25. The van der Waals surface area contributed by atoms with E-state index in [0.29, 0.717) is 17.3 Å². The van der Waals surface area contributed by atoms with E-state index in [4.69, 9.17) is 16.3 Å². The maximum atomic E-state index is 9.77. The lowest BCUT2D eigenvalue weighted by Gasteiger charge is -2.20. The van der Waals surface area contributed by atoms with Crippen LogP contribution in [0.4, 0.5) is 0 Å². The van der Waals surface area contributed by atoms with Crippen LogP contribution >= 0.6 is 11.6 Å². The van der Waals surface area contributed by atoms with E-state index in [-0.39, 0.29) is 12.0 Å². The molecule has 2 N–H and O–H groups in total. The molecule has 0 saturated heterocycles. The highest BCUT2D eigenvalue weighted by Crippen LogP contribution is 2.23. The van der Waals surface area contributed by atoms with Gasteiger partial charge in [-0.2, -0.15) is 0 Å². The summed E-state index contributed by atoms with van der Waals surface area (Å²) in [4.78, 5) is 0. The van der Waals surface area contributed by atoms with Crippen LogP contribution in [0, 0.1) is 5.41 Å².